The van der Waals surface area contributed by atoms with Gasteiger partial charge in [-0.3, -0.25) is 0 Å². The Morgan fingerprint density at radius 1 is 1.33 bits per heavy atom. The molecule has 0 radical (unpaired) electrons. The van der Waals surface area contributed by atoms with E-state index in [-0.39, 0.29) is 0 Å². The number of hydrogen-bond acceptors (Lipinski definition) is 2. The van der Waals surface area contributed by atoms with Gasteiger partial charge in [0.05, 0.1) is 0 Å². The van der Waals surface area contributed by atoms with Crippen LogP contribution in [0.5, 0.6) is 0 Å². The normalized spacial score (nSPS) is 10.8. The zero-order chi connectivity index (χ0) is 13.0. The number of rotatable bonds is 5. The number of hydrogen-bond donors (Lipinski definition) is 1. The Balaban J connectivity index is 2.29. The summed E-state index contributed by atoms with van der Waals surface area (Å²) in [5, 5.41) is 3.96. The van der Waals surface area contributed by atoms with Crippen LogP contribution in [0.25, 0.3) is 0 Å². The van der Waals surface area contributed by atoms with Crippen molar-refractivity contribution in [1.82, 2.24) is 14.9 Å². The highest BCUT2D eigenvalue weighted by molar-refractivity contribution is 6.30. The monoisotopic (exact) mass is 263 g/mol. The number of halogens is 1. The average molecular weight is 264 g/mol. The highest BCUT2D eigenvalue weighted by atomic mass is 35.5. The molecule has 0 saturated carbocycles. The molecule has 1 aromatic carbocycles. The van der Waals surface area contributed by atoms with E-state index in [0.717, 1.165) is 30.4 Å². The molecule has 0 spiro atoms. The first kappa shape index (κ1) is 13.1. The van der Waals surface area contributed by atoms with Crippen molar-refractivity contribution in [2.45, 2.75) is 26.4 Å². The molecule has 0 fully saturated rings. The highest BCUT2D eigenvalue weighted by Crippen LogP contribution is 2.19. The zero-order valence-electron chi connectivity index (χ0n) is 10.8. The van der Waals surface area contributed by atoms with Gasteiger partial charge in [-0.05, 0) is 37.2 Å². The first-order chi connectivity index (χ1) is 8.74. The van der Waals surface area contributed by atoms with Crippen molar-refractivity contribution < 1.29 is 0 Å². The van der Waals surface area contributed by atoms with Crippen LogP contribution in [-0.2, 0) is 19.5 Å². The van der Waals surface area contributed by atoms with Crippen molar-refractivity contribution in [3.8, 4) is 0 Å². The molecule has 0 aliphatic rings. The van der Waals surface area contributed by atoms with Gasteiger partial charge >= 0.3 is 0 Å². The third-order valence-electron chi connectivity index (χ3n) is 3.03. The number of aromatic nitrogens is 2. The first-order valence-electron chi connectivity index (χ1n) is 6.16. The minimum Gasteiger partial charge on any atom is -0.335 e. The van der Waals surface area contributed by atoms with Gasteiger partial charge in [-0.15, -0.1) is 0 Å². The SMILES string of the molecule is CCn1ccnc1Cc1cc(Cl)ccc1CNC. The van der Waals surface area contributed by atoms with Crippen LogP contribution in [-0.4, -0.2) is 16.6 Å². The second kappa shape index (κ2) is 6.03. The zero-order valence-corrected chi connectivity index (χ0v) is 11.5. The minimum absolute atomic E-state index is 0.777. The largest absolute Gasteiger partial charge is 0.335 e. The standard InChI is InChI=1S/C14H18ClN3/c1-3-18-7-6-17-14(18)9-12-8-13(15)5-4-11(12)10-16-2/h4-8,16H,3,9-10H2,1-2H3. The van der Waals surface area contributed by atoms with Gasteiger partial charge in [0, 0.05) is 36.9 Å². The Morgan fingerprint density at radius 2 is 2.17 bits per heavy atom. The second-order valence-electron chi connectivity index (χ2n) is 4.25. The maximum atomic E-state index is 6.08. The molecule has 18 heavy (non-hydrogen) atoms. The summed E-state index contributed by atoms with van der Waals surface area (Å²) in [4.78, 5) is 4.41. The smallest absolute Gasteiger partial charge is 0.113 e. The summed E-state index contributed by atoms with van der Waals surface area (Å²) in [5.74, 6) is 1.08. The van der Waals surface area contributed by atoms with Crippen LogP contribution in [0.15, 0.2) is 30.6 Å². The fourth-order valence-corrected chi connectivity index (χ4v) is 2.28. The van der Waals surface area contributed by atoms with Crippen LogP contribution in [0.1, 0.15) is 23.9 Å². The summed E-state index contributed by atoms with van der Waals surface area (Å²) in [5.41, 5.74) is 2.50. The van der Waals surface area contributed by atoms with Gasteiger partial charge < -0.3 is 9.88 Å². The van der Waals surface area contributed by atoms with Gasteiger partial charge in [-0.1, -0.05) is 17.7 Å². The minimum atomic E-state index is 0.777. The molecule has 1 heterocycles. The molecular weight excluding hydrogens is 246 g/mol. The molecule has 96 valence electrons. The average Bonchev–Trinajstić information content (AvgIpc) is 2.80. The van der Waals surface area contributed by atoms with Gasteiger partial charge in [-0.25, -0.2) is 4.98 Å². The summed E-state index contributed by atoms with van der Waals surface area (Å²) >= 11 is 6.08. The van der Waals surface area contributed by atoms with Crippen molar-refractivity contribution >= 4 is 11.6 Å². The third-order valence-corrected chi connectivity index (χ3v) is 3.26. The summed E-state index contributed by atoms with van der Waals surface area (Å²) in [7, 11) is 1.95. The van der Waals surface area contributed by atoms with Gasteiger partial charge in [0.25, 0.3) is 0 Å². The van der Waals surface area contributed by atoms with Crippen molar-refractivity contribution in [3.05, 3.63) is 52.6 Å². The second-order valence-corrected chi connectivity index (χ2v) is 4.69. The lowest BCUT2D eigenvalue weighted by molar-refractivity contribution is 0.708. The van der Waals surface area contributed by atoms with Crippen molar-refractivity contribution in [1.29, 1.82) is 0 Å². The summed E-state index contributed by atoms with van der Waals surface area (Å²) in [6.45, 7) is 3.91. The lowest BCUT2D eigenvalue weighted by Crippen LogP contribution is -2.09. The molecule has 1 N–H and O–H groups in total. The molecule has 0 aliphatic carbocycles. The quantitative estimate of drug-likeness (QED) is 0.899. The van der Waals surface area contributed by atoms with Crippen molar-refractivity contribution in [2.75, 3.05) is 7.05 Å². The third kappa shape index (κ3) is 2.92. The van der Waals surface area contributed by atoms with E-state index in [1.54, 1.807) is 0 Å². The molecule has 0 bridgehead atoms. The number of imidazole rings is 1. The molecule has 1 aromatic heterocycles. The maximum Gasteiger partial charge on any atom is 0.113 e. The van der Waals surface area contributed by atoms with E-state index in [1.165, 1.54) is 11.1 Å². The predicted octanol–water partition coefficient (Wildman–Crippen LogP) is 2.87. The van der Waals surface area contributed by atoms with E-state index < -0.39 is 0 Å². The molecule has 0 atom stereocenters. The molecule has 0 unspecified atom stereocenters. The number of nitrogens with zero attached hydrogens (tertiary/aromatic N) is 2. The molecule has 0 amide bonds. The van der Waals surface area contributed by atoms with Gasteiger partial charge in [0.2, 0.25) is 0 Å². The summed E-state index contributed by atoms with van der Waals surface area (Å²) < 4.78 is 2.16. The van der Waals surface area contributed by atoms with Crippen molar-refractivity contribution in [3.63, 3.8) is 0 Å². The summed E-state index contributed by atoms with van der Waals surface area (Å²) in [6.07, 6.45) is 4.68. The van der Waals surface area contributed by atoms with E-state index in [9.17, 15) is 0 Å². The molecule has 4 heteroatoms. The first-order valence-corrected chi connectivity index (χ1v) is 6.54. The van der Waals surface area contributed by atoms with Crippen LogP contribution in [0.4, 0.5) is 0 Å². The molecular formula is C14H18ClN3. The Labute approximate surface area is 113 Å². The van der Waals surface area contributed by atoms with E-state index in [4.69, 9.17) is 11.6 Å². The van der Waals surface area contributed by atoms with Crippen LogP contribution in [0.2, 0.25) is 5.02 Å². The predicted molar refractivity (Wildman–Crippen MR) is 74.9 cm³/mol. The number of nitrogens with one attached hydrogen (secondary N) is 1. The van der Waals surface area contributed by atoms with Gasteiger partial charge in [-0.2, -0.15) is 0 Å². The molecule has 0 saturated heterocycles. The lowest BCUT2D eigenvalue weighted by Gasteiger charge is -2.10. The lowest BCUT2D eigenvalue weighted by atomic mass is 10.0. The van der Waals surface area contributed by atoms with E-state index >= 15 is 0 Å². The molecule has 0 aliphatic heterocycles. The van der Waals surface area contributed by atoms with E-state index in [0.29, 0.717) is 0 Å². The number of benzene rings is 1. The Kier molecular flexibility index (Phi) is 4.39. The Morgan fingerprint density at radius 3 is 2.89 bits per heavy atom. The Bertz CT molecular complexity index is 520. The highest BCUT2D eigenvalue weighted by Gasteiger charge is 2.08. The molecule has 2 aromatic rings. The van der Waals surface area contributed by atoms with Crippen LogP contribution >= 0.6 is 11.6 Å². The fourth-order valence-electron chi connectivity index (χ4n) is 2.09. The number of aryl methyl sites for hydroxylation is 1. The van der Waals surface area contributed by atoms with Crippen molar-refractivity contribution in [2.24, 2.45) is 0 Å². The van der Waals surface area contributed by atoms with Crippen LogP contribution < -0.4 is 5.32 Å². The molecule has 3 nitrogen and oxygen atoms in total. The Hall–Kier alpha value is -1.32. The topological polar surface area (TPSA) is 29.9 Å². The maximum absolute atomic E-state index is 6.08. The van der Waals surface area contributed by atoms with Crippen LogP contribution in [0, 0.1) is 0 Å². The summed E-state index contributed by atoms with van der Waals surface area (Å²) in [6, 6.07) is 6.04. The van der Waals surface area contributed by atoms with Gasteiger partial charge in [0.1, 0.15) is 5.82 Å². The van der Waals surface area contributed by atoms with E-state index in [2.05, 4.69) is 27.9 Å². The molecule has 2 rings (SSSR count). The fraction of sp³-hybridized carbons (Fsp3) is 0.357. The van der Waals surface area contributed by atoms with Crippen LogP contribution in [0.3, 0.4) is 0 Å². The van der Waals surface area contributed by atoms with Gasteiger partial charge in [0.15, 0.2) is 0 Å². The van der Waals surface area contributed by atoms with E-state index in [1.807, 2.05) is 31.6 Å².